The smallest absolute Gasteiger partial charge is 0.293 e. The molecule has 0 atom stereocenters. The predicted molar refractivity (Wildman–Crippen MR) is 114 cm³/mol. The van der Waals surface area contributed by atoms with Crippen LogP contribution < -0.4 is 5.32 Å². The quantitative estimate of drug-likeness (QED) is 0.316. The van der Waals surface area contributed by atoms with E-state index in [2.05, 4.69) is 26.2 Å². The molecule has 0 aliphatic heterocycles. The third-order valence-corrected chi connectivity index (χ3v) is 5.93. The van der Waals surface area contributed by atoms with E-state index in [0.29, 0.717) is 27.9 Å². The van der Waals surface area contributed by atoms with Crippen LogP contribution in [0.4, 0.5) is 5.13 Å². The third-order valence-electron chi connectivity index (χ3n) is 4.45. The molecule has 0 aliphatic rings. The van der Waals surface area contributed by atoms with Gasteiger partial charge < -0.3 is 13.3 Å². The van der Waals surface area contributed by atoms with Gasteiger partial charge in [-0.1, -0.05) is 27.3 Å². The molecule has 1 amide bonds. The lowest BCUT2D eigenvalue weighted by Gasteiger charge is -1.99. The summed E-state index contributed by atoms with van der Waals surface area (Å²) in [5, 5.41) is 4.15. The van der Waals surface area contributed by atoms with Crippen LogP contribution in [0.15, 0.2) is 72.7 Å². The number of rotatable bonds is 4. The van der Waals surface area contributed by atoms with Crippen molar-refractivity contribution in [3.63, 3.8) is 0 Å². The monoisotopic (exact) mass is 468 g/mol. The second-order valence-electron chi connectivity index (χ2n) is 6.30. The van der Waals surface area contributed by atoms with Gasteiger partial charge in [-0.25, -0.2) is 4.98 Å². The molecule has 0 unspecified atom stereocenters. The van der Waals surface area contributed by atoms with E-state index in [9.17, 15) is 4.79 Å². The normalized spacial score (nSPS) is 11.2. The molecule has 5 aromatic rings. The van der Waals surface area contributed by atoms with Gasteiger partial charge >= 0.3 is 0 Å². The van der Waals surface area contributed by atoms with E-state index < -0.39 is 0 Å². The molecule has 144 valence electrons. The Bertz CT molecular complexity index is 1260. The highest BCUT2D eigenvalue weighted by Crippen LogP contribution is 2.39. The number of anilines is 1. The zero-order chi connectivity index (χ0) is 20.0. The van der Waals surface area contributed by atoms with Gasteiger partial charge in [-0.05, 0) is 49.4 Å². The van der Waals surface area contributed by atoms with Crippen molar-refractivity contribution in [3.8, 4) is 22.1 Å². The molecule has 1 N–H and O–H groups in total. The molecule has 0 radical (unpaired) electrons. The number of hydrogen-bond acceptors (Lipinski definition) is 6. The van der Waals surface area contributed by atoms with Gasteiger partial charge in [0.2, 0.25) is 0 Å². The number of carbonyl (C=O) groups is 1. The molecule has 0 spiro atoms. The Morgan fingerprint density at radius 2 is 1.86 bits per heavy atom. The number of nitrogens with one attached hydrogen (secondary N) is 1. The molecule has 5 rings (SSSR count). The minimum atomic E-state index is -0.361. The van der Waals surface area contributed by atoms with Gasteiger partial charge in [0.25, 0.3) is 5.91 Å². The number of benzene rings is 1. The number of fused-ring (bicyclic) bond motifs is 1. The van der Waals surface area contributed by atoms with E-state index in [-0.39, 0.29) is 11.7 Å². The molecule has 4 aromatic heterocycles. The SMILES string of the molecule is Cc1c(C(=O)Nc2nc(-c3ccco3)c(-c3ccco3)s2)oc2ccc(Br)cc12. The Hall–Kier alpha value is -3.10. The number of carbonyl (C=O) groups excluding carboxylic acids is 1. The van der Waals surface area contributed by atoms with E-state index >= 15 is 0 Å². The first-order chi connectivity index (χ1) is 14.1. The van der Waals surface area contributed by atoms with Gasteiger partial charge in [-0.2, -0.15) is 0 Å². The van der Waals surface area contributed by atoms with Crippen LogP contribution in [0, 0.1) is 6.92 Å². The van der Waals surface area contributed by atoms with Crippen molar-refractivity contribution in [2.75, 3.05) is 5.32 Å². The van der Waals surface area contributed by atoms with Crippen molar-refractivity contribution < 1.29 is 18.0 Å². The molecule has 29 heavy (non-hydrogen) atoms. The van der Waals surface area contributed by atoms with Crippen LogP contribution in [0.5, 0.6) is 0 Å². The standard InChI is InChI=1S/C21H13BrN2O4S/c1-11-13-10-12(22)6-7-14(13)28-18(11)20(25)24-21-23-17(15-4-2-8-26-15)19(29-21)16-5-3-9-27-16/h2-10H,1H3,(H,23,24,25). The van der Waals surface area contributed by atoms with E-state index in [1.807, 2.05) is 37.3 Å². The predicted octanol–water partition coefficient (Wildman–Crippen LogP) is 6.73. The molecule has 1 aromatic carbocycles. The fourth-order valence-electron chi connectivity index (χ4n) is 3.09. The first-order valence-electron chi connectivity index (χ1n) is 8.69. The number of halogens is 1. The highest BCUT2D eigenvalue weighted by molar-refractivity contribution is 9.10. The van der Waals surface area contributed by atoms with E-state index in [1.165, 1.54) is 11.3 Å². The highest BCUT2D eigenvalue weighted by atomic mass is 79.9. The summed E-state index contributed by atoms with van der Waals surface area (Å²) in [6.45, 7) is 1.86. The lowest BCUT2D eigenvalue weighted by Crippen LogP contribution is -2.11. The summed E-state index contributed by atoms with van der Waals surface area (Å²) < 4.78 is 17.7. The Morgan fingerprint density at radius 3 is 2.59 bits per heavy atom. The molecule has 8 heteroatoms. The van der Waals surface area contributed by atoms with Crippen LogP contribution in [-0.4, -0.2) is 10.9 Å². The molecule has 0 saturated heterocycles. The average molecular weight is 469 g/mol. The number of aromatic nitrogens is 1. The fraction of sp³-hybridized carbons (Fsp3) is 0.0476. The number of furan rings is 3. The van der Waals surface area contributed by atoms with Crippen molar-refractivity contribution in [3.05, 3.63) is 70.8 Å². The zero-order valence-corrected chi connectivity index (χ0v) is 17.5. The highest BCUT2D eigenvalue weighted by Gasteiger charge is 2.23. The first-order valence-corrected chi connectivity index (χ1v) is 10.3. The topological polar surface area (TPSA) is 81.4 Å². The Balaban J connectivity index is 1.52. The fourth-order valence-corrected chi connectivity index (χ4v) is 4.39. The number of nitrogens with zero attached hydrogens (tertiary/aromatic N) is 1. The maximum absolute atomic E-state index is 12.9. The van der Waals surface area contributed by atoms with Gasteiger partial charge in [0.1, 0.15) is 21.9 Å². The molecule has 0 fully saturated rings. The van der Waals surface area contributed by atoms with Gasteiger partial charge in [-0.3, -0.25) is 10.1 Å². The molecule has 0 saturated carbocycles. The largest absolute Gasteiger partial charge is 0.463 e. The Kier molecular flexibility index (Phi) is 4.37. The lowest BCUT2D eigenvalue weighted by molar-refractivity contribution is 0.0998. The zero-order valence-electron chi connectivity index (χ0n) is 15.1. The minimum absolute atomic E-state index is 0.257. The third kappa shape index (κ3) is 3.20. The maximum Gasteiger partial charge on any atom is 0.293 e. The van der Waals surface area contributed by atoms with Crippen LogP contribution in [0.2, 0.25) is 0 Å². The summed E-state index contributed by atoms with van der Waals surface area (Å²) >= 11 is 4.75. The van der Waals surface area contributed by atoms with Gasteiger partial charge in [0, 0.05) is 15.4 Å². The Morgan fingerprint density at radius 1 is 1.10 bits per heavy atom. The average Bonchev–Trinajstić information content (AvgIpc) is 3.49. The second kappa shape index (κ2) is 7.06. The summed E-state index contributed by atoms with van der Waals surface area (Å²) in [7, 11) is 0. The molecular weight excluding hydrogens is 456 g/mol. The van der Waals surface area contributed by atoms with E-state index in [1.54, 1.807) is 24.7 Å². The summed E-state index contributed by atoms with van der Waals surface area (Å²) in [6.07, 6.45) is 3.17. The van der Waals surface area contributed by atoms with Crippen molar-refractivity contribution >= 4 is 49.3 Å². The summed E-state index contributed by atoms with van der Waals surface area (Å²) in [5.41, 5.74) is 2.03. The number of aryl methyl sites for hydroxylation is 1. The first kappa shape index (κ1) is 18.0. The molecule has 0 bridgehead atoms. The van der Waals surface area contributed by atoms with Crippen molar-refractivity contribution in [2.24, 2.45) is 0 Å². The molecule has 4 heterocycles. The Labute approximate surface area is 177 Å². The molecular formula is C21H13BrN2O4S. The van der Waals surface area contributed by atoms with Crippen LogP contribution in [0.1, 0.15) is 16.1 Å². The van der Waals surface area contributed by atoms with E-state index in [0.717, 1.165) is 20.3 Å². The summed E-state index contributed by atoms with van der Waals surface area (Å²) in [4.78, 5) is 18.2. The molecule has 0 aliphatic carbocycles. The summed E-state index contributed by atoms with van der Waals surface area (Å²) in [5.74, 6) is 1.14. The molecule has 6 nitrogen and oxygen atoms in total. The van der Waals surface area contributed by atoms with Crippen LogP contribution >= 0.6 is 27.3 Å². The summed E-state index contributed by atoms with van der Waals surface area (Å²) in [6, 6.07) is 12.9. The maximum atomic E-state index is 12.9. The second-order valence-corrected chi connectivity index (χ2v) is 8.22. The van der Waals surface area contributed by atoms with Crippen molar-refractivity contribution in [1.29, 1.82) is 0 Å². The lowest BCUT2D eigenvalue weighted by atomic mass is 10.1. The van der Waals surface area contributed by atoms with Crippen molar-refractivity contribution in [2.45, 2.75) is 6.92 Å². The van der Waals surface area contributed by atoms with Gasteiger partial charge in [0.15, 0.2) is 16.7 Å². The van der Waals surface area contributed by atoms with E-state index in [4.69, 9.17) is 13.3 Å². The van der Waals surface area contributed by atoms with Crippen molar-refractivity contribution in [1.82, 2.24) is 4.98 Å². The number of amides is 1. The van der Waals surface area contributed by atoms with Crippen LogP contribution in [0.25, 0.3) is 33.1 Å². The number of thiazole rings is 1. The number of hydrogen-bond donors (Lipinski definition) is 1. The minimum Gasteiger partial charge on any atom is -0.463 e. The van der Waals surface area contributed by atoms with Gasteiger partial charge in [-0.15, -0.1) is 0 Å². The van der Waals surface area contributed by atoms with Crippen LogP contribution in [-0.2, 0) is 0 Å². The van der Waals surface area contributed by atoms with Gasteiger partial charge in [0.05, 0.1) is 12.5 Å². The van der Waals surface area contributed by atoms with Crippen LogP contribution in [0.3, 0.4) is 0 Å².